The molecule has 1 atom stereocenters. The van der Waals surface area contributed by atoms with Crippen LogP contribution in [-0.2, 0) is 27.7 Å². The van der Waals surface area contributed by atoms with E-state index in [1.807, 2.05) is 0 Å². The lowest BCUT2D eigenvalue weighted by Gasteiger charge is -2.21. The molecule has 0 radical (unpaired) electrons. The molecular formula is C20H25N3O4S2. The Morgan fingerprint density at radius 2 is 1.93 bits per heavy atom. The molecule has 29 heavy (non-hydrogen) atoms. The van der Waals surface area contributed by atoms with Crippen molar-refractivity contribution in [3.63, 3.8) is 0 Å². The maximum absolute atomic E-state index is 12.8. The first-order valence-electron chi connectivity index (χ1n) is 9.56. The summed E-state index contributed by atoms with van der Waals surface area (Å²) in [5.74, 6) is -0.303. The lowest BCUT2D eigenvalue weighted by Crippen LogP contribution is -2.20. The lowest BCUT2D eigenvalue weighted by atomic mass is 9.84. The third-order valence-corrected chi connectivity index (χ3v) is 7.69. The minimum absolute atomic E-state index is 0.0391. The van der Waals surface area contributed by atoms with Crippen molar-refractivity contribution in [1.29, 1.82) is 0 Å². The van der Waals surface area contributed by atoms with E-state index in [4.69, 9.17) is 5.73 Å². The van der Waals surface area contributed by atoms with Gasteiger partial charge in [0.15, 0.2) is 0 Å². The Morgan fingerprint density at radius 3 is 2.52 bits per heavy atom. The van der Waals surface area contributed by atoms with Crippen LogP contribution < -0.4 is 15.8 Å². The molecule has 156 valence electrons. The highest BCUT2D eigenvalue weighted by Crippen LogP contribution is 2.41. The zero-order valence-electron chi connectivity index (χ0n) is 16.4. The average Bonchev–Trinajstić information content (AvgIpc) is 2.98. The molecule has 1 aliphatic carbocycles. The first kappa shape index (κ1) is 21.3. The van der Waals surface area contributed by atoms with Gasteiger partial charge in [-0.3, -0.25) is 14.3 Å². The third-order valence-electron chi connectivity index (χ3n) is 5.02. The van der Waals surface area contributed by atoms with Gasteiger partial charge in [0.1, 0.15) is 5.00 Å². The summed E-state index contributed by atoms with van der Waals surface area (Å²) in [6.45, 7) is 3.52. The van der Waals surface area contributed by atoms with Crippen molar-refractivity contribution in [3.8, 4) is 0 Å². The number of nitrogens with one attached hydrogen (secondary N) is 2. The van der Waals surface area contributed by atoms with E-state index in [2.05, 4.69) is 17.0 Å². The number of amides is 2. The Balaban J connectivity index is 1.89. The Labute approximate surface area is 174 Å². The van der Waals surface area contributed by atoms with Gasteiger partial charge in [-0.15, -0.1) is 11.3 Å². The number of carbonyl (C=O) groups is 2. The van der Waals surface area contributed by atoms with Gasteiger partial charge >= 0.3 is 0 Å². The minimum Gasteiger partial charge on any atom is -0.365 e. The van der Waals surface area contributed by atoms with E-state index < -0.39 is 15.9 Å². The Morgan fingerprint density at radius 1 is 1.24 bits per heavy atom. The van der Waals surface area contributed by atoms with Gasteiger partial charge < -0.3 is 11.1 Å². The fraction of sp³-hybridized carbons (Fsp3) is 0.400. The van der Waals surface area contributed by atoms with Gasteiger partial charge in [0.25, 0.3) is 15.9 Å². The van der Waals surface area contributed by atoms with Crippen LogP contribution in [0.15, 0.2) is 29.2 Å². The quantitative estimate of drug-likeness (QED) is 0.616. The maximum atomic E-state index is 12.8. The largest absolute Gasteiger partial charge is 0.365 e. The third kappa shape index (κ3) is 4.79. The highest BCUT2D eigenvalue weighted by Gasteiger charge is 2.29. The van der Waals surface area contributed by atoms with Crippen LogP contribution in [0, 0.1) is 5.92 Å². The molecule has 7 nitrogen and oxygen atoms in total. The van der Waals surface area contributed by atoms with Crippen molar-refractivity contribution in [1.82, 2.24) is 0 Å². The van der Waals surface area contributed by atoms with E-state index in [1.54, 1.807) is 0 Å². The van der Waals surface area contributed by atoms with Crippen molar-refractivity contribution >= 4 is 43.9 Å². The van der Waals surface area contributed by atoms with Crippen molar-refractivity contribution in [3.05, 3.63) is 40.3 Å². The normalized spacial score (nSPS) is 16.1. The standard InChI is InChI=1S/C20H25N3O4S2/c1-3-4-13-5-10-16-17(11-13)28-20(18(16)19(21)25)23-29(26,27)15-8-6-14(7-9-15)22-12(2)24/h6-9,13,23H,3-5,10-11H2,1-2H3,(H2,21,25)(H,22,24). The first-order chi connectivity index (χ1) is 13.7. The van der Waals surface area contributed by atoms with Gasteiger partial charge in [-0.05, 0) is 55.0 Å². The predicted octanol–water partition coefficient (Wildman–Crippen LogP) is 3.51. The minimum atomic E-state index is -3.90. The van der Waals surface area contributed by atoms with Crippen molar-refractivity contribution in [2.75, 3.05) is 10.0 Å². The second-order valence-corrected chi connectivity index (χ2v) is 10.1. The molecule has 1 unspecified atom stereocenters. The number of anilines is 2. The van der Waals surface area contributed by atoms with E-state index in [0.29, 0.717) is 17.2 Å². The van der Waals surface area contributed by atoms with E-state index in [-0.39, 0.29) is 15.8 Å². The molecule has 1 aliphatic rings. The number of hydrogen-bond donors (Lipinski definition) is 3. The molecular weight excluding hydrogens is 410 g/mol. The highest BCUT2D eigenvalue weighted by molar-refractivity contribution is 7.93. The number of thiophene rings is 1. The molecule has 3 rings (SSSR count). The summed E-state index contributed by atoms with van der Waals surface area (Å²) in [5.41, 5.74) is 7.27. The number of benzene rings is 1. The summed E-state index contributed by atoms with van der Waals surface area (Å²) in [6.07, 6.45) is 4.78. The molecule has 1 aromatic carbocycles. The number of primary amides is 1. The van der Waals surface area contributed by atoms with E-state index in [1.165, 1.54) is 42.5 Å². The zero-order valence-corrected chi connectivity index (χ0v) is 18.1. The van der Waals surface area contributed by atoms with Crippen LogP contribution in [0.3, 0.4) is 0 Å². The van der Waals surface area contributed by atoms with Gasteiger partial charge in [0.05, 0.1) is 10.5 Å². The maximum Gasteiger partial charge on any atom is 0.262 e. The van der Waals surface area contributed by atoms with Crippen LogP contribution in [0.1, 0.15) is 53.9 Å². The number of sulfonamides is 1. The topological polar surface area (TPSA) is 118 Å². The second-order valence-electron chi connectivity index (χ2n) is 7.28. The molecule has 2 aromatic rings. The molecule has 0 spiro atoms. The number of carbonyl (C=O) groups excluding carboxylic acids is 2. The number of nitrogens with two attached hydrogens (primary N) is 1. The highest BCUT2D eigenvalue weighted by atomic mass is 32.2. The molecule has 0 fully saturated rings. The molecule has 9 heteroatoms. The summed E-state index contributed by atoms with van der Waals surface area (Å²) in [7, 11) is -3.90. The molecule has 1 heterocycles. The molecule has 0 aliphatic heterocycles. The number of rotatable bonds is 7. The van der Waals surface area contributed by atoms with Gasteiger partial charge in [0, 0.05) is 17.5 Å². The Bertz CT molecular complexity index is 1030. The molecule has 4 N–H and O–H groups in total. The van der Waals surface area contributed by atoms with Gasteiger partial charge in [-0.2, -0.15) is 0 Å². The van der Waals surface area contributed by atoms with Crippen LogP contribution in [0.2, 0.25) is 0 Å². The Kier molecular flexibility index (Phi) is 6.28. The van der Waals surface area contributed by atoms with E-state index >= 15 is 0 Å². The predicted molar refractivity (Wildman–Crippen MR) is 115 cm³/mol. The Hall–Kier alpha value is -2.39. The van der Waals surface area contributed by atoms with Crippen LogP contribution in [0.4, 0.5) is 10.7 Å². The number of fused-ring (bicyclic) bond motifs is 1. The zero-order chi connectivity index (χ0) is 21.2. The molecule has 0 saturated heterocycles. The van der Waals surface area contributed by atoms with E-state index in [9.17, 15) is 18.0 Å². The fourth-order valence-electron chi connectivity index (χ4n) is 3.74. The monoisotopic (exact) mass is 435 g/mol. The summed E-state index contributed by atoms with van der Waals surface area (Å²) in [4.78, 5) is 24.3. The average molecular weight is 436 g/mol. The number of hydrogen-bond acceptors (Lipinski definition) is 5. The summed E-state index contributed by atoms with van der Waals surface area (Å²) in [6, 6.07) is 5.84. The molecule has 0 bridgehead atoms. The lowest BCUT2D eigenvalue weighted by molar-refractivity contribution is -0.114. The molecule has 2 amide bonds. The molecule has 1 aromatic heterocycles. The van der Waals surface area contributed by atoms with Crippen LogP contribution >= 0.6 is 11.3 Å². The van der Waals surface area contributed by atoms with E-state index in [0.717, 1.165) is 42.5 Å². The summed E-state index contributed by atoms with van der Waals surface area (Å²) in [5, 5.41) is 2.87. The summed E-state index contributed by atoms with van der Waals surface area (Å²) >= 11 is 1.30. The van der Waals surface area contributed by atoms with Crippen LogP contribution in [0.5, 0.6) is 0 Å². The van der Waals surface area contributed by atoms with Crippen molar-refractivity contribution in [2.45, 2.75) is 50.8 Å². The first-order valence-corrected chi connectivity index (χ1v) is 11.9. The van der Waals surface area contributed by atoms with Crippen molar-refractivity contribution in [2.24, 2.45) is 11.7 Å². The van der Waals surface area contributed by atoms with Crippen molar-refractivity contribution < 1.29 is 18.0 Å². The van der Waals surface area contributed by atoms with Gasteiger partial charge in [0.2, 0.25) is 5.91 Å². The van der Waals surface area contributed by atoms with Crippen LogP contribution in [-0.4, -0.2) is 20.2 Å². The van der Waals surface area contributed by atoms with Gasteiger partial charge in [-0.1, -0.05) is 19.8 Å². The summed E-state index contributed by atoms with van der Waals surface area (Å²) < 4.78 is 28.2. The smallest absolute Gasteiger partial charge is 0.262 e. The van der Waals surface area contributed by atoms with Gasteiger partial charge in [-0.25, -0.2) is 8.42 Å². The SMILES string of the molecule is CCCC1CCc2c(sc(NS(=O)(=O)c3ccc(NC(C)=O)cc3)c2C(N)=O)C1. The van der Waals surface area contributed by atoms with Crippen LogP contribution in [0.25, 0.3) is 0 Å². The second kappa shape index (κ2) is 8.54. The fourth-order valence-corrected chi connectivity index (χ4v) is 6.42. The molecule has 0 saturated carbocycles.